The fourth-order valence-corrected chi connectivity index (χ4v) is 4.88. The summed E-state index contributed by atoms with van der Waals surface area (Å²) < 4.78 is 2.23. The monoisotopic (exact) mass is 409 g/mol. The standard InChI is InChI=1S/C26H27N5/c1-3-21-19(2)22(17-27)25-28-23-11-7-8-12-24(23)31(25)26(21)30-15-13-29(14-16-30)18-20-9-5-4-6-10-20/h4-12H,3,13-16,18H2,1-2H3. The summed E-state index contributed by atoms with van der Waals surface area (Å²) in [5.41, 5.74) is 7.17. The molecule has 156 valence electrons. The minimum Gasteiger partial charge on any atom is -0.355 e. The van der Waals surface area contributed by atoms with E-state index in [0.29, 0.717) is 5.56 Å². The van der Waals surface area contributed by atoms with E-state index in [9.17, 15) is 5.26 Å². The molecule has 0 saturated carbocycles. The van der Waals surface area contributed by atoms with Crippen LogP contribution in [0.15, 0.2) is 54.6 Å². The van der Waals surface area contributed by atoms with Crippen LogP contribution in [-0.4, -0.2) is 40.5 Å². The molecule has 0 spiro atoms. The number of hydrogen-bond acceptors (Lipinski definition) is 4. The second-order valence-corrected chi connectivity index (χ2v) is 8.28. The molecule has 4 aromatic rings. The van der Waals surface area contributed by atoms with Gasteiger partial charge in [0.2, 0.25) is 0 Å². The Labute approximate surface area is 183 Å². The van der Waals surface area contributed by atoms with Gasteiger partial charge in [-0.1, -0.05) is 49.4 Å². The summed E-state index contributed by atoms with van der Waals surface area (Å²) in [7, 11) is 0. The highest BCUT2D eigenvalue weighted by molar-refractivity contribution is 5.86. The van der Waals surface area contributed by atoms with Crippen LogP contribution in [0.5, 0.6) is 0 Å². The van der Waals surface area contributed by atoms with Gasteiger partial charge < -0.3 is 4.90 Å². The molecule has 3 heterocycles. The van der Waals surface area contributed by atoms with Crippen LogP contribution in [0.25, 0.3) is 16.7 Å². The molecule has 0 radical (unpaired) electrons. The number of para-hydroxylation sites is 2. The Hall–Kier alpha value is -3.36. The number of imidazole rings is 1. The second-order valence-electron chi connectivity index (χ2n) is 8.28. The van der Waals surface area contributed by atoms with Crippen LogP contribution >= 0.6 is 0 Å². The van der Waals surface area contributed by atoms with E-state index >= 15 is 0 Å². The molecule has 0 N–H and O–H groups in total. The number of piperazine rings is 1. The van der Waals surface area contributed by atoms with Crippen molar-refractivity contribution in [2.45, 2.75) is 26.8 Å². The average molecular weight is 410 g/mol. The molecule has 5 heteroatoms. The van der Waals surface area contributed by atoms with Gasteiger partial charge in [-0.15, -0.1) is 0 Å². The predicted octanol–water partition coefficient (Wildman–Crippen LogP) is 4.55. The number of benzene rings is 2. The molecule has 2 aromatic carbocycles. The minimum atomic E-state index is 0.694. The van der Waals surface area contributed by atoms with E-state index in [2.05, 4.69) is 76.6 Å². The lowest BCUT2D eigenvalue weighted by atomic mass is 10.0. The molecule has 0 amide bonds. The van der Waals surface area contributed by atoms with Crippen molar-refractivity contribution < 1.29 is 0 Å². The normalized spacial score (nSPS) is 14.9. The van der Waals surface area contributed by atoms with Crippen molar-refractivity contribution in [3.05, 3.63) is 76.9 Å². The van der Waals surface area contributed by atoms with Gasteiger partial charge in [0.15, 0.2) is 5.65 Å². The first-order valence-electron chi connectivity index (χ1n) is 11.0. The fourth-order valence-electron chi connectivity index (χ4n) is 4.88. The maximum Gasteiger partial charge on any atom is 0.157 e. The number of fused-ring (bicyclic) bond motifs is 3. The van der Waals surface area contributed by atoms with Gasteiger partial charge in [-0.25, -0.2) is 4.98 Å². The summed E-state index contributed by atoms with van der Waals surface area (Å²) in [5, 5.41) is 9.91. The smallest absolute Gasteiger partial charge is 0.157 e. The fraction of sp³-hybridized carbons (Fsp3) is 0.308. The van der Waals surface area contributed by atoms with Crippen molar-refractivity contribution in [2.24, 2.45) is 0 Å². The van der Waals surface area contributed by atoms with Crippen LogP contribution in [0.1, 0.15) is 29.2 Å². The number of aromatic nitrogens is 2. The molecular weight excluding hydrogens is 382 g/mol. The summed E-state index contributed by atoms with van der Waals surface area (Å²) in [5.74, 6) is 1.21. The molecule has 1 fully saturated rings. The second kappa shape index (κ2) is 8.05. The van der Waals surface area contributed by atoms with Crippen molar-refractivity contribution in [1.29, 1.82) is 5.26 Å². The van der Waals surface area contributed by atoms with E-state index in [-0.39, 0.29) is 0 Å². The first-order valence-corrected chi connectivity index (χ1v) is 11.0. The number of nitriles is 1. The van der Waals surface area contributed by atoms with Crippen LogP contribution in [0.3, 0.4) is 0 Å². The van der Waals surface area contributed by atoms with E-state index < -0.39 is 0 Å². The van der Waals surface area contributed by atoms with Crippen LogP contribution in [0.2, 0.25) is 0 Å². The van der Waals surface area contributed by atoms with Gasteiger partial charge in [0.1, 0.15) is 11.9 Å². The first-order chi connectivity index (χ1) is 15.2. The molecule has 1 aliphatic heterocycles. The van der Waals surface area contributed by atoms with Crippen LogP contribution in [0.4, 0.5) is 5.82 Å². The summed E-state index contributed by atoms with van der Waals surface area (Å²) >= 11 is 0. The van der Waals surface area contributed by atoms with Crippen molar-refractivity contribution in [3.8, 4) is 6.07 Å². The summed E-state index contributed by atoms with van der Waals surface area (Å²) in [4.78, 5) is 9.87. The van der Waals surface area contributed by atoms with Gasteiger partial charge in [0.25, 0.3) is 0 Å². The molecule has 31 heavy (non-hydrogen) atoms. The quantitative estimate of drug-likeness (QED) is 0.496. The Balaban J connectivity index is 1.56. The Morgan fingerprint density at radius 2 is 1.68 bits per heavy atom. The van der Waals surface area contributed by atoms with E-state index in [0.717, 1.165) is 61.4 Å². The van der Waals surface area contributed by atoms with Gasteiger partial charge in [-0.2, -0.15) is 5.26 Å². The predicted molar refractivity (Wildman–Crippen MR) is 125 cm³/mol. The molecule has 5 rings (SSSR count). The van der Waals surface area contributed by atoms with Gasteiger partial charge in [-0.05, 0) is 42.2 Å². The largest absolute Gasteiger partial charge is 0.355 e. The zero-order valence-electron chi connectivity index (χ0n) is 18.2. The molecule has 2 aromatic heterocycles. The molecule has 0 bridgehead atoms. The lowest BCUT2D eigenvalue weighted by Gasteiger charge is -2.37. The van der Waals surface area contributed by atoms with Crippen LogP contribution in [-0.2, 0) is 13.0 Å². The minimum absolute atomic E-state index is 0.694. The van der Waals surface area contributed by atoms with Gasteiger partial charge in [0, 0.05) is 32.7 Å². The number of rotatable bonds is 4. The van der Waals surface area contributed by atoms with Crippen LogP contribution < -0.4 is 4.90 Å². The molecule has 5 nitrogen and oxygen atoms in total. The lowest BCUT2D eigenvalue weighted by Crippen LogP contribution is -2.47. The highest BCUT2D eigenvalue weighted by Crippen LogP contribution is 2.34. The summed E-state index contributed by atoms with van der Waals surface area (Å²) in [6, 6.07) is 21.3. The maximum absolute atomic E-state index is 9.91. The molecule has 1 aliphatic rings. The molecule has 0 unspecified atom stereocenters. The topological polar surface area (TPSA) is 47.6 Å². The Kier molecular flexibility index (Phi) is 5.09. The van der Waals surface area contributed by atoms with Gasteiger partial charge >= 0.3 is 0 Å². The van der Waals surface area contributed by atoms with Crippen molar-refractivity contribution in [1.82, 2.24) is 14.3 Å². The Morgan fingerprint density at radius 3 is 2.39 bits per heavy atom. The zero-order valence-corrected chi connectivity index (χ0v) is 18.2. The van der Waals surface area contributed by atoms with Crippen molar-refractivity contribution >= 4 is 22.5 Å². The highest BCUT2D eigenvalue weighted by atomic mass is 15.3. The SMILES string of the molecule is CCc1c(C)c(C#N)c2nc3ccccc3n2c1N1CCN(Cc2ccccc2)CC1. The Bertz CT molecular complexity index is 1270. The average Bonchev–Trinajstić information content (AvgIpc) is 3.18. The summed E-state index contributed by atoms with van der Waals surface area (Å²) in [6.07, 6.45) is 0.891. The van der Waals surface area contributed by atoms with E-state index in [4.69, 9.17) is 4.98 Å². The number of hydrogen-bond donors (Lipinski definition) is 0. The van der Waals surface area contributed by atoms with E-state index in [1.807, 2.05) is 12.1 Å². The number of nitrogens with zero attached hydrogens (tertiary/aromatic N) is 5. The van der Waals surface area contributed by atoms with Crippen molar-refractivity contribution in [3.63, 3.8) is 0 Å². The van der Waals surface area contributed by atoms with Crippen molar-refractivity contribution in [2.75, 3.05) is 31.1 Å². The maximum atomic E-state index is 9.91. The van der Waals surface area contributed by atoms with Gasteiger partial charge in [0.05, 0.1) is 16.6 Å². The molecular formula is C26H27N5. The first kappa shape index (κ1) is 19.6. The molecule has 0 atom stereocenters. The van der Waals surface area contributed by atoms with E-state index in [1.165, 1.54) is 16.9 Å². The third kappa shape index (κ3) is 3.34. The number of pyridine rings is 1. The number of anilines is 1. The molecule has 1 saturated heterocycles. The van der Waals surface area contributed by atoms with Crippen LogP contribution in [0, 0.1) is 18.3 Å². The van der Waals surface area contributed by atoms with Gasteiger partial charge in [-0.3, -0.25) is 9.30 Å². The third-order valence-electron chi connectivity index (χ3n) is 6.48. The Morgan fingerprint density at radius 1 is 0.968 bits per heavy atom. The highest BCUT2D eigenvalue weighted by Gasteiger charge is 2.26. The summed E-state index contributed by atoms with van der Waals surface area (Å²) in [6.45, 7) is 9.22. The molecule has 0 aliphatic carbocycles. The zero-order chi connectivity index (χ0) is 21.4. The van der Waals surface area contributed by atoms with E-state index in [1.54, 1.807) is 0 Å². The third-order valence-corrected chi connectivity index (χ3v) is 6.48. The lowest BCUT2D eigenvalue weighted by molar-refractivity contribution is 0.249.